The fourth-order valence-corrected chi connectivity index (χ4v) is 1.02. The molecule has 70 valence electrons. The van der Waals surface area contributed by atoms with Crippen molar-refractivity contribution >= 4 is 5.78 Å². The molecule has 0 unspecified atom stereocenters. The van der Waals surface area contributed by atoms with Crippen LogP contribution in [0.25, 0.3) is 0 Å². The molecule has 0 aromatic heterocycles. The zero-order valence-corrected chi connectivity index (χ0v) is 7.61. The second-order valence-electron chi connectivity index (χ2n) is 3.15. The number of carbonyl (C=O) groups is 1. The van der Waals surface area contributed by atoms with Gasteiger partial charge in [0.2, 0.25) is 0 Å². The summed E-state index contributed by atoms with van der Waals surface area (Å²) in [5.74, 6) is -1.88. The Labute approximate surface area is 76.6 Å². The Morgan fingerprint density at radius 1 is 1.23 bits per heavy atom. The maximum atomic E-state index is 10.9. The lowest BCUT2D eigenvalue weighted by atomic mass is 10.0. The van der Waals surface area contributed by atoms with Gasteiger partial charge in [-0.2, -0.15) is 0 Å². The van der Waals surface area contributed by atoms with Crippen LogP contribution in [0, 0.1) is 0 Å². The van der Waals surface area contributed by atoms with Gasteiger partial charge >= 0.3 is 0 Å². The number of Topliss-reactive ketones (excluding diaryl/α,β-unsaturated/α-hetero) is 1. The Bertz CT molecular complexity index is 306. The molecule has 0 saturated heterocycles. The van der Waals surface area contributed by atoms with E-state index in [1.54, 1.807) is 12.1 Å². The van der Waals surface area contributed by atoms with Gasteiger partial charge in [0.15, 0.2) is 11.6 Å². The quantitative estimate of drug-likeness (QED) is 0.528. The number of rotatable bonds is 2. The van der Waals surface area contributed by atoms with Crippen LogP contribution >= 0.6 is 0 Å². The highest BCUT2D eigenvalue weighted by Gasteiger charge is 2.17. The molecule has 0 radical (unpaired) electrons. The lowest BCUT2D eigenvalue weighted by molar-refractivity contribution is -0.152. The molecule has 0 bridgehead atoms. The molecule has 0 amide bonds. The highest BCUT2D eigenvalue weighted by atomic mass is 16.5. The number of aliphatic hydroxyl groups is 2. The van der Waals surface area contributed by atoms with Gasteiger partial charge in [-0.05, 0) is 13.8 Å². The molecule has 1 aromatic carbocycles. The number of carbonyl (C=O) groups excluding carboxylic acids is 1. The molecule has 1 rings (SSSR count). The van der Waals surface area contributed by atoms with Crippen LogP contribution < -0.4 is 0 Å². The first-order valence-electron chi connectivity index (χ1n) is 3.97. The van der Waals surface area contributed by atoms with E-state index < -0.39 is 5.79 Å². The molecule has 1 aromatic rings. The van der Waals surface area contributed by atoms with Crippen molar-refractivity contribution in [2.45, 2.75) is 19.6 Å². The monoisotopic (exact) mass is 180 g/mol. The molecular formula is C10H12O3. The van der Waals surface area contributed by atoms with Gasteiger partial charge in [0, 0.05) is 11.1 Å². The van der Waals surface area contributed by atoms with Crippen LogP contribution in [-0.4, -0.2) is 16.0 Å². The Morgan fingerprint density at radius 2 is 1.69 bits per heavy atom. The van der Waals surface area contributed by atoms with Crippen molar-refractivity contribution in [1.29, 1.82) is 0 Å². The molecule has 13 heavy (non-hydrogen) atoms. The fourth-order valence-electron chi connectivity index (χ4n) is 1.02. The van der Waals surface area contributed by atoms with E-state index in [2.05, 4.69) is 0 Å². The van der Waals surface area contributed by atoms with E-state index in [0.717, 1.165) is 0 Å². The first kappa shape index (κ1) is 9.89. The van der Waals surface area contributed by atoms with Crippen molar-refractivity contribution in [3.63, 3.8) is 0 Å². The second kappa shape index (κ2) is 3.28. The summed E-state index contributed by atoms with van der Waals surface area (Å²) in [6.45, 7) is 2.74. The third-order valence-corrected chi connectivity index (χ3v) is 1.84. The van der Waals surface area contributed by atoms with E-state index >= 15 is 0 Å². The number of hydrogen-bond acceptors (Lipinski definition) is 3. The van der Waals surface area contributed by atoms with Gasteiger partial charge in [0.05, 0.1) is 0 Å². The molecule has 0 aliphatic carbocycles. The topological polar surface area (TPSA) is 57.5 Å². The van der Waals surface area contributed by atoms with E-state index in [-0.39, 0.29) is 5.78 Å². The lowest BCUT2D eigenvalue weighted by Crippen LogP contribution is -2.19. The predicted molar refractivity (Wildman–Crippen MR) is 48.2 cm³/mol. The number of benzene rings is 1. The van der Waals surface area contributed by atoms with Crippen molar-refractivity contribution in [2.24, 2.45) is 0 Å². The minimum absolute atomic E-state index is 0.0378. The van der Waals surface area contributed by atoms with Crippen molar-refractivity contribution in [2.75, 3.05) is 0 Å². The van der Waals surface area contributed by atoms with Gasteiger partial charge in [-0.1, -0.05) is 24.3 Å². The molecular weight excluding hydrogens is 168 g/mol. The van der Waals surface area contributed by atoms with Crippen LogP contribution in [0.5, 0.6) is 0 Å². The van der Waals surface area contributed by atoms with Crippen LogP contribution in [0.2, 0.25) is 0 Å². The lowest BCUT2D eigenvalue weighted by Gasteiger charge is -2.15. The molecule has 3 nitrogen and oxygen atoms in total. The maximum absolute atomic E-state index is 10.9. The van der Waals surface area contributed by atoms with Gasteiger partial charge in [-0.3, -0.25) is 4.79 Å². The Kier molecular flexibility index (Phi) is 2.50. The summed E-state index contributed by atoms with van der Waals surface area (Å²) in [4.78, 5) is 10.9. The van der Waals surface area contributed by atoms with Crippen molar-refractivity contribution in [3.8, 4) is 0 Å². The van der Waals surface area contributed by atoms with Crippen LogP contribution in [0.3, 0.4) is 0 Å². The normalized spacial score (nSPS) is 11.4. The van der Waals surface area contributed by atoms with E-state index in [4.69, 9.17) is 0 Å². The number of ketones is 1. The van der Waals surface area contributed by atoms with E-state index in [1.807, 2.05) is 0 Å². The van der Waals surface area contributed by atoms with Crippen LogP contribution in [-0.2, 0) is 5.79 Å². The smallest absolute Gasteiger partial charge is 0.186 e. The maximum Gasteiger partial charge on any atom is 0.186 e. The van der Waals surface area contributed by atoms with Crippen LogP contribution in [0.4, 0.5) is 0 Å². The highest BCUT2D eigenvalue weighted by Crippen LogP contribution is 2.17. The minimum atomic E-state index is -1.84. The number of hydrogen-bond donors (Lipinski definition) is 2. The van der Waals surface area contributed by atoms with E-state index in [9.17, 15) is 15.0 Å². The Balaban J connectivity index is 3.01. The summed E-state index contributed by atoms with van der Waals surface area (Å²) < 4.78 is 0. The Hall–Kier alpha value is -1.19. The third-order valence-electron chi connectivity index (χ3n) is 1.84. The fraction of sp³-hybridized carbons (Fsp3) is 0.300. The summed E-state index contributed by atoms with van der Waals surface area (Å²) >= 11 is 0. The molecule has 0 heterocycles. The van der Waals surface area contributed by atoms with Crippen molar-refractivity contribution in [3.05, 3.63) is 35.4 Å². The van der Waals surface area contributed by atoms with Gasteiger partial charge in [0.1, 0.15) is 0 Å². The first-order valence-corrected chi connectivity index (χ1v) is 3.97. The molecule has 0 aliphatic heterocycles. The SMILES string of the molecule is CC(=O)c1ccc(C(C)(O)O)cc1. The van der Waals surface area contributed by atoms with Gasteiger partial charge in [-0.15, -0.1) is 0 Å². The van der Waals surface area contributed by atoms with Crippen LogP contribution in [0.1, 0.15) is 29.8 Å². The molecule has 0 aliphatic rings. The highest BCUT2D eigenvalue weighted by molar-refractivity contribution is 5.94. The average Bonchev–Trinajstić information content (AvgIpc) is 2.03. The van der Waals surface area contributed by atoms with E-state index in [1.165, 1.54) is 26.0 Å². The molecule has 0 atom stereocenters. The van der Waals surface area contributed by atoms with Gasteiger partial charge in [-0.25, -0.2) is 0 Å². The first-order chi connectivity index (χ1) is 5.91. The summed E-state index contributed by atoms with van der Waals surface area (Å²) in [7, 11) is 0. The summed E-state index contributed by atoms with van der Waals surface area (Å²) in [6, 6.07) is 6.19. The van der Waals surface area contributed by atoms with Crippen LogP contribution in [0.15, 0.2) is 24.3 Å². The summed E-state index contributed by atoms with van der Waals surface area (Å²) in [5.41, 5.74) is 0.936. The van der Waals surface area contributed by atoms with E-state index in [0.29, 0.717) is 11.1 Å². The molecule has 3 heteroatoms. The molecule has 0 spiro atoms. The van der Waals surface area contributed by atoms with Gasteiger partial charge < -0.3 is 10.2 Å². The minimum Gasteiger partial charge on any atom is -0.362 e. The van der Waals surface area contributed by atoms with Crippen molar-refractivity contribution in [1.82, 2.24) is 0 Å². The van der Waals surface area contributed by atoms with Crippen molar-refractivity contribution < 1.29 is 15.0 Å². The Morgan fingerprint density at radius 3 is 2.00 bits per heavy atom. The zero-order valence-electron chi connectivity index (χ0n) is 7.61. The molecule has 2 N–H and O–H groups in total. The van der Waals surface area contributed by atoms with Gasteiger partial charge in [0.25, 0.3) is 0 Å². The predicted octanol–water partition coefficient (Wildman–Crippen LogP) is 1.05. The molecule has 0 saturated carbocycles. The summed E-state index contributed by atoms with van der Waals surface area (Å²) in [5, 5.41) is 18.4. The third kappa shape index (κ3) is 2.37. The summed E-state index contributed by atoms with van der Waals surface area (Å²) in [6.07, 6.45) is 0. The average molecular weight is 180 g/mol. The standard InChI is InChI=1S/C10H12O3/c1-7(11)8-3-5-9(6-4-8)10(2,12)13/h3-6,12-13H,1-2H3. The second-order valence-corrected chi connectivity index (χ2v) is 3.15. The largest absolute Gasteiger partial charge is 0.362 e. The zero-order chi connectivity index (χ0) is 10.1. The molecule has 0 fully saturated rings.